The van der Waals surface area contributed by atoms with Crippen molar-refractivity contribution in [2.45, 2.75) is 6.92 Å². The van der Waals surface area contributed by atoms with Crippen molar-refractivity contribution in [3.8, 4) is 5.75 Å². The van der Waals surface area contributed by atoms with Crippen LogP contribution in [0.3, 0.4) is 0 Å². The van der Waals surface area contributed by atoms with Gasteiger partial charge in [-0.2, -0.15) is 0 Å². The average molecular weight is 263 g/mol. The van der Waals surface area contributed by atoms with E-state index in [1.165, 1.54) is 0 Å². The Morgan fingerprint density at radius 2 is 2.09 bits per heavy atom. The lowest BCUT2D eigenvalue weighted by Crippen LogP contribution is -1.93. The van der Waals surface area contributed by atoms with E-state index in [2.05, 4.69) is 22.6 Å². The third kappa shape index (κ3) is 1.77. The Bertz CT molecular complexity index is 273. The summed E-state index contributed by atoms with van der Waals surface area (Å²) >= 11 is 2.20. The number of hydrogen-bond acceptors (Lipinski definition) is 2. The van der Waals surface area contributed by atoms with Gasteiger partial charge in [0.2, 0.25) is 0 Å². The summed E-state index contributed by atoms with van der Waals surface area (Å²) < 4.78 is 6.17. The molecule has 2 nitrogen and oxygen atoms in total. The van der Waals surface area contributed by atoms with Gasteiger partial charge in [-0.1, -0.05) is 0 Å². The molecule has 0 amide bonds. The van der Waals surface area contributed by atoms with Gasteiger partial charge in [0, 0.05) is 5.69 Å². The highest BCUT2D eigenvalue weighted by Crippen LogP contribution is 2.25. The summed E-state index contributed by atoms with van der Waals surface area (Å²) in [7, 11) is 1.66. The maximum atomic E-state index is 5.68. The number of hydrogen-bond donors (Lipinski definition) is 1. The molecule has 60 valence electrons. The summed E-state index contributed by atoms with van der Waals surface area (Å²) in [5.74, 6) is 0.886. The Labute approximate surface area is 79.9 Å². The van der Waals surface area contributed by atoms with E-state index in [1.807, 2.05) is 19.1 Å². The Balaban J connectivity index is 3.21. The maximum absolute atomic E-state index is 5.68. The number of nitrogens with two attached hydrogens (primary N) is 1. The number of halogens is 1. The Hall–Kier alpha value is -0.450. The molecule has 0 heterocycles. The molecule has 1 aromatic rings. The summed E-state index contributed by atoms with van der Waals surface area (Å²) in [4.78, 5) is 0. The van der Waals surface area contributed by atoms with Crippen LogP contribution in [0.2, 0.25) is 0 Å². The lowest BCUT2D eigenvalue weighted by atomic mass is 10.2. The number of aryl methyl sites for hydroxylation is 1. The van der Waals surface area contributed by atoms with Gasteiger partial charge < -0.3 is 10.5 Å². The molecule has 0 spiro atoms. The van der Waals surface area contributed by atoms with Crippen LogP contribution in [-0.4, -0.2) is 7.11 Å². The predicted molar refractivity (Wildman–Crippen MR) is 54.9 cm³/mol. The summed E-state index contributed by atoms with van der Waals surface area (Å²) in [5.41, 5.74) is 7.56. The minimum Gasteiger partial charge on any atom is -0.496 e. The molecule has 1 rings (SSSR count). The van der Waals surface area contributed by atoms with Gasteiger partial charge in [0.05, 0.1) is 10.7 Å². The molecule has 0 aliphatic heterocycles. The van der Waals surface area contributed by atoms with Gasteiger partial charge in [0.1, 0.15) is 5.75 Å². The fourth-order valence-electron chi connectivity index (χ4n) is 0.827. The number of rotatable bonds is 1. The fraction of sp³-hybridized carbons (Fsp3) is 0.250. The highest BCUT2D eigenvalue weighted by Gasteiger charge is 2.01. The van der Waals surface area contributed by atoms with Gasteiger partial charge >= 0.3 is 0 Å². The van der Waals surface area contributed by atoms with E-state index in [-0.39, 0.29) is 0 Å². The molecule has 3 heteroatoms. The van der Waals surface area contributed by atoms with Crippen molar-refractivity contribution in [3.63, 3.8) is 0 Å². The zero-order valence-electron chi connectivity index (χ0n) is 6.52. The van der Waals surface area contributed by atoms with Crippen LogP contribution in [0.4, 0.5) is 5.69 Å². The van der Waals surface area contributed by atoms with Crippen LogP contribution in [0.25, 0.3) is 0 Å². The minimum atomic E-state index is 0.815. The number of methoxy groups -OCH3 is 1. The smallest absolute Gasteiger partial charge is 0.132 e. The van der Waals surface area contributed by atoms with Crippen molar-refractivity contribution in [2.24, 2.45) is 0 Å². The Kier molecular flexibility index (Phi) is 2.59. The second-order valence-electron chi connectivity index (χ2n) is 2.34. The first kappa shape index (κ1) is 8.64. The van der Waals surface area contributed by atoms with Crippen LogP contribution in [0.5, 0.6) is 5.75 Å². The third-order valence-corrected chi connectivity index (χ3v) is 2.38. The normalized spacial score (nSPS) is 9.73. The van der Waals surface area contributed by atoms with Crippen LogP contribution >= 0.6 is 22.6 Å². The molecule has 2 N–H and O–H groups in total. The highest BCUT2D eigenvalue weighted by molar-refractivity contribution is 14.1. The van der Waals surface area contributed by atoms with E-state index in [0.717, 1.165) is 20.6 Å². The predicted octanol–water partition coefficient (Wildman–Crippen LogP) is 2.19. The average Bonchev–Trinajstić information content (AvgIpc) is 1.97. The molecule has 0 aromatic heterocycles. The summed E-state index contributed by atoms with van der Waals surface area (Å²) in [6.45, 7) is 1.97. The second-order valence-corrected chi connectivity index (χ2v) is 3.51. The SMILES string of the molecule is COc1cc(C)c(N)cc1I. The monoisotopic (exact) mass is 263 g/mol. The van der Waals surface area contributed by atoms with Crippen LogP contribution in [0.1, 0.15) is 5.56 Å². The van der Waals surface area contributed by atoms with E-state index in [9.17, 15) is 0 Å². The molecule has 0 aliphatic rings. The van der Waals surface area contributed by atoms with E-state index in [0.29, 0.717) is 0 Å². The van der Waals surface area contributed by atoms with Crippen LogP contribution in [0, 0.1) is 10.5 Å². The molecular weight excluding hydrogens is 253 g/mol. The van der Waals surface area contributed by atoms with Crippen molar-refractivity contribution in [1.82, 2.24) is 0 Å². The number of anilines is 1. The first-order valence-corrected chi connectivity index (χ1v) is 4.32. The second kappa shape index (κ2) is 3.30. The van der Waals surface area contributed by atoms with E-state index >= 15 is 0 Å². The molecule has 0 saturated carbocycles. The number of nitrogen functional groups attached to an aromatic ring is 1. The molecular formula is C8H10INO. The van der Waals surface area contributed by atoms with Crippen molar-refractivity contribution in [2.75, 3.05) is 12.8 Å². The van der Waals surface area contributed by atoms with Crippen LogP contribution in [-0.2, 0) is 0 Å². The zero-order chi connectivity index (χ0) is 8.43. The molecule has 0 radical (unpaired) electrons. The first-order chi connectivity index (χ1) is 5.15. The van der Waals surface area contributed by atoms with Gasteiger partial charge in [-0.05, 0) is 47.2 Å². The molecule has 0 fully saturated rings. The Morgan fingerprint density at radius 3 is 2.64 bits per heavy atom. The maximum Gasteiger partial charge on any atom is 0.132 e. The van der Waals surface area contributed by atoms with E-state index < -0.39 is 0 Å². The van der Waals surface area contributed by atoms with Crippen LogP contribution < -0.4 is 10.5 Å². The van der Waals surface area contributed by atoms with E-state index in [1.54, 1.807) is 7.11 Å². The first-order valence-electron chi connectivity index (χ1n) is 3.24. The molecule has 0 unspecified atom stereocenters. The number of ether oxygens (including phenoxy) is 1. The minimum absolute atomic E-state index is 0.815. The Morgan fingerprint density at radius 1 is 1.45 bits per heavy atom. The lowest BCUT2D eigenvalue weighted by Gasteiger charge is -2.06. The molecule has 0 bridgehead atoms. The standard InChI is InChI=1S/C8H10INO/c1-5-3-8(11-2)6(9)4-7(5)10/h3-4H,10H2,1-2H3. The van der Waals surface area contributed by atoms with Crippen molar-refractivity contribution in [3.05, 3.63) is 21.3 Å². The van der Waals surface area contributed by atoms with Crippen LogP contribution in [0.15, 0.2) is 12.1 Å². The van der Waals surface area contributed by atoms with Crippen molar-refractivity contribution in [1.29, 1.82) is 0 Å². The van der Waals surface area contributed by atoms with Gasteiger partial charge in [-0.15, -0.1) is 0 Å². The fourth-order valence-corrected chi connectivity index (χ4v) is 1.54. The molecule has 1 aromatic carbocycles. The third-order valence-electron chi connectivity index (χ3n) is 1.54. The highest BCUT2D eigenvalue weighted by atomic mass is 127. The van der Waals surface area contributed by atoms with Gasteiger partial charge in [0.25, 0.3) is 0 Å². The molecule has 0 aliphatic carbocycles. The van der Waals surface area contributed by atoms with E-state index in [4.69, 9.17) is 10.5 Å². The zero-order valence-corrected chi connectivity index (χ0v) is 8.68. The van der Waals surface area contributed by atoms with Gasteiger partial charge in [-0.3, -0.25) is 0 Å². The summed E-state index contributed by atoms with van der Waals surface area (Å²) in [6.07, 6.45) is 0. The molecule has 11 heavy (non-hydrogen) atoms. The van der Waals surface area contributed by atoms with Crippen molar-refractivity contribution < 1.29 is 4.74 Å². The largest absolute Gasteiger partial charge is 0.496 e. The van der Waals surface area contributed by atoms with Gasteiger partial charge in [-0.25, -0.2) is 0 Å². The molecule has 0 saturated heterocycles. The summed E-state index contributed by atoms with van der Waals surface area (Å²) in [6, 6.07) is 3.85. The quantitative estimate of drug-likeness (QED) is 0.622. The van der Waals surface area contributed by atoms with Crippen molar-refractivity contribution >= 4 is 28.3 Å². The van der Waals surface area contributed by atoms with Gasteiger partial charge in [0.15, 0.2) is 0 Å². The topological polar surface area (TPSA) is 35.2 Å². The lowest BCUT2D eigenvalue weighted by molar-refractivity contribution is 0.411. The molecule has 0 atom stereocenters. The number of benzene rings is 1. The summed E-state index contributed by atoms with van der Waals surface area (Å²) in [5, 5.41) is 0.